The Labute approximate surface area is 94.1 Å². The topological polar surface area (TPSA) is 61.0 Å². The maximum atomic E-state index is 5.90. The third-order valence-electron chi connectivity index (χ3n) is 2.37. The molecule has 0 unspecified atom stereocenters. The molecule has 2 N–H and O–H groups in total. The van der Waals surface area contributed by atoms with Crippen LogP contribution < -0.4 is 10.5 Å². The summed E-state index contributed by atoms with van der Waals surface area (Å²) in [7, 11) is 1.58. The van der Waals surface area contributed by atoms with Crippen molar-refractivity contribution in [3.05, 3.63) is 36.2 Å². The first-order valence-corrected chi connectivity index (χ1v) is 4.95. The molecule has 4 heteroatoms. The van der Waals surface area contributed by atoms with Crippen molar-refractivity contribution in [3.63, 3.8) is 0 Å². The summed E-state index contributed by atoms with van der Waals surface area (Å²) in [5.41, 5.74) is 9.06. The summed E-state index contributed by atoms with van der Waals surface area (Å²) >= 11 is 0. The molecule has 2 heterocycles. The van der Waals surface area contributed by atoms with Crippen LogP contribution in [0.2, 0.25) is 0 Å². The van der Waals surface area contributed by atoms with Crippen LogP contribution in [-0.2, 0) is 0 Å². The van der Waals surface area contributed by atoms with E-state index in [1.807, 2.05) is 19.1 Å². The molecular weight excluding hydrogens is 202 g/mol. The molecule has 0 saturated heterocycles. The molecule has 0 aromatic carbocycles. The highest BCUT2D eigenvalue weighted by Gasteiger charge is 2.08. The molecule has 0 aliphatic carbocycles. The van der Waals surface area contributed by atoms with Crippen LogP contribution in [-0.4, -0.2) is 17.1 Å². The van der Waals surface area contributed by atoms with Gasteiger partial charge in [-0.15, -0.1) is 0 Å². The van der Waals surface area contributed by atoms with Crippen molar-refractivity contribution in [1.82, 2.24) is 9.97 Å². The highest BCUT2D eigenvalue weighted by atomic mass is 16.5. The second kappa shape index (κ2) is 4.18. The second-order valence-electron chi connectivity index (χ2n) is 3.43. The molecule has 2 rings (SSSR count). The molecule has 82 valence electrons. The zero-order chi connectivity index (χ0) is 11.5. The quantitative estimate of drug-likeness (QED) is 0.832. The van der Waals surface area contributed by atoms with Gasteiger partial charge in [0, 0.05) is 23.5 Å². The van der Waals surface area contributed by atoms with Crippen molar-refractivity contribution in [3.8, 4) is 17.1 Å². The van der Waals surface area contributed by atoms with E-state index in [2.05, 4.69) is 9.97 Å². The molecule has 0 spiro atoms. The van der Waals surface area contributed by atoms with E-state index >= 15 is 0 Å². The van der Waals surface area contributed by atoms with Gasteiger partial charge in [0.25, 0.3) is 0 Å². The fourth-order valence-electron chi connectivity index (χ4n) is 1.52. The number of ether oxygens (including phenoxy) is 1. The van der Waals surface area contributed by atoms with Gasteiger partial charge in [0.05, 0.1) is 18.5 Å². The zero-order valence-corrected chi connectivity index (χ0v) is 9.27. The third-order valence-corrected chi connectivity index (χ3v) is 2.37. The van der Waals surface area contributed by atoms with E-state index in [0.717, 1.165) is 11.3 Å². The third kappa shape index (κ3) is 1.82. The van der Waals surface area contributed by atoms with Gasteiger partial charge in [-0.05, 0) is 25.1 Å². The Bertz CT molecular complexity index is 511. The predicted molar refractivity (Wildman–Crippen MR) is 63.2 cm³/mol. The van der Waals surface area contributed by atoms with Gasteiger partial charge in [0.1, 0.15) is 0 Å². The van der Waals surface area contributed by atoms with E-state index < -0.39 is 0 Å². The molecule has 16 heavy (non-hydrogen) atoms. The predicted octanol–water partition coefficient (Wildman–Crippen LogP) is 2.04. The van der Waals surface area contributed by atoms with Crippen LogP contribution in [0.5, 0.6) is 5.88 Å². The van der Waals surface area contributed by atoms with E-state index in [4.69, 9.17) is 10.5 Å². The van der Waals surface area contributed by atoms with Crippen LogP contribution in [0.4, 0.5) is 5.69 Å². The van der Waals surface area contributed by atoms with E-state index in [1.54, 1.807) is 25.4 Å². The average molecular weight is 215 g/mol. The smallest absolute Gasteiger partial charge is 0.213 e. The van der Waals surface area contributed by atoms with Gasteiger partial charge in [0.2, 0.25) is 5.88 Å². The van der Waals surface area contributed by atoms with Gasteiger partial charge >= 0.3 is 0 Å². The Morgan fingerprint density at radius 1 is 1.25 bits per heavy atom. The average Bonchev–Trinajstić information content (AvgIpc) is 2.31. The summed E-state index contributed by atoms with van der Waals surface area (Å²) in [6.07, 6.45) is 1.75. The minimum absolute atomic E-state index is 0.549. The van der Waals surface area contributed by atoms with Gasteiger partial charge in [-0.1, -0.05) is 0 Å². The summed E-state index contributed by atoms with van der Waals surface area (Å²) in [6.45, 7) is 1.93. The van der Waals surface area contributed by atoms with E-state index in [9.17, 15) is 0 Å². The van der Waals surface area contributed by atoms with Crippen molar-refractivity contribution in [1.29, 1.82) is 0 Å². The number of pyridine rings is 2. The number of methoxy groups -OCH3 is 1. The maximum Gasteiger partial charge on any atom is 0.213 e. The summed E-state index contributed by atoms with van der Waals surface area (Å²) < 4.78 is 5.08. The largest absolute Gasteiger partial charge is 0.481 e. The molecule has 2 aromatic heterocycles. The van der Waals surface area contributed by atoms with Gasteiger partial charge < -0.3 is 10.5 Å². The standard InChI is InChI=1S/C12H13N3O/c1-8-9(4-3-7-14-8)12-10(13)5-6-11(15-12)16-2/h3-7H,13H2,1-2H3. The van der Waals surface area contributed by atoms with Gasteiger partial charge in [-0.25, -0.2) is 4.98 Å². The Balaban J connectivity index is 2.59. The fraction of sp³-hybridized carbons (Fsp3) is 0.167. The van der Waals surface area contributed by atoms with Gasteiger partial charge in [-0.2, -0.15) is 0 Å². The van der Waals surface area contributed by atoms with Gasteiger partial charge in [-0.3, -0.25) is 4.98 Å². The molecule has 0 aliphatic heterocycles. The molecule has 2 aromatic rings. The number of hydrogen-bond donors (Lipinski definition) is 1. The van der Waals surface area contributed by atoms with Crippen molar-refractivity contribution >= 4 is 5.69 Å². The van der Waals surface area contributed by atoms with Crippen LogP contribution in [0.3, 0.4) is 0 Å². The molecular formula is C12H13N3O. The van der Waals surface area contributed by atoms with Crippen LogP contribution in [0, 0.1) is 6.92 Å². The van der Waals surface area contributed by atoms with E-state index in [0.29, 0.717) is 17.3 Å². The Hall–Kier alpha value is -2.10. The number of anilines is 1. The van der Waals surface area contributed by atoms with Gasteiger partial charge in [0.15, 0.2) is 0 Å². The van der Waals surface area contributed by atoms with Crippen molar-refractivity contribution in [2.24, 2.45) is 0 Å². The number of nitrogens with two attached hydrogens (primary N) is 1. The lowest BCUT2D eigenvalue weighted by atomic mass is 10.1. The molecule has 0 amide bonds. The molecule has 0 fully saturated rings. The van der Waals surface area contributed by atoms with E-state index in [-0.39, 0.29) is 0 Å². The lowest BCUT2D eigenvalue weighted by Crippen LogP contribution is -1.98. The number of hydrogen-bond acceptors (Lipinski definition) is 4. The monoisotopic (exact) mass is 215 g/mol. The van der Waals surface area contributed by atoms with E-state index in [1.165, 1.54) is 0 Å². The normalized spacial score (nSPS) is 10.1. The van der Waals surface area contributed by atoms with Crippen LogP contribution in [0.1, 0.15) is 5.69 Å². The number of nitrogen functional groups attached to an aromatic ring is 1. The molecule has 0 saturated carbocycles. The van der Waals surface area contributed by atoms with Crippen molar-refractivity contribution < 1.29 is 4.74 Å². The molecule has 0 aliphatic rings. The Morgan fingerprint density at radius 3 is 2.75 bits per heavy atom. The molecule has 0 atom stereocenters. The number of aromatic nitrogens is 2. The summed E-state index contributed by atoms with van der Waals surface area (Å²) in [4.78, 5) is 8.55. The summed E-state index contributed by atoms with van der Waals surface area (Å²) in [6, 6.07) is 7.33. The second-order valence-corrected chi connectivity index (χ2v) is 3.43. The molecule has 0 radical (unpaired) electrons. The van der Waals surface area contributed by atoms with Crippen molar-refractivity contribution in [2.75, 3.05) is 12.8 Å². The lowest BCUT2D eigenvalue weighted by molar-refractivity contribution is 0.398. The maximum absolute atomic E-state index is 5.90. The SMILES string of the molecule is COc1ccc(N)c(-c2cccnc2C)n1. The highest BCUT2D eigenvalue weighted by Crippen LogP contribution is 2.27. The molecule has 0 bridgehead atoms. The number of nitrogens with zero attached hydrogens (tertiary/aromatic N) is 2. The van der Waals surface area contributed by atoms with Crippen LogP contribution in [0.25, 0.3) is 11.3 Å². The first kappa shape index (κ1) is 10.4. The van der Waals surface area contributed by atoms with Crippen LogP contribution >= 0.6 is 0 Å². The minimum Gasteiger partial charge on any atom is -0.481 e. The number of aryl methyl sites for hydroxylation is 1. The zero-order valence-electron chi connectivity index (χ0n) is 9.27. The first-order chi connectivity index (χ1) is 7.72. The first-order valence-electron chi connectivity index (χ1n) is 4.95. The lowest BCUT2D eigenvalue weighted by Gasteiger charge is -2.08. The summed E-state index contributed by atoms with van der Waals surface area (Å²) in [5, 5.41) is 0. The van der Waals surface area contributed by atoms with Crippen LogP contribution in [0.15, 0.2) is 30.5 Å². The fourth-order valence-corrected chi connectivity index (χ4v) is 1.52. The molecule has 4 nitrogen and oxygen atoms in total. The van der Waals surface area contributed by atoms with Crippen molar-refractivity contribution in [2.45, 2.75) is 6.92 Å². The minimum atomic E-state index is 0.549. The Kier molecular flexibility index (Phi) is 2.72. The highest BCUT2D eigenvalue weighted by molar-refractivity contribution is 5.74. The number of rotatable bonds is 2. The summed E-state index contributed by atoms with van der Waals surface area (Å²) in [5.74, 6) is 0.549. The Morgan fingerprint density at radius 2 is 2.06 bits per heavy atom.